The highest BCUT2D eigenvalue weighted by atomic mass is 79.9. The van der Waals surface area contributed by atoms with Gasteiger partial charge in [-0.15, -0.1) is 0 Å². The first-order chi connectivity index (χ1) is 8.24. The van der Waals surface area contributed by atoms with E-state index in [0.717, 1.165) is 4.90 Å². The number of nitrogens with two attached hydrogens (primary N) is 1. The second kappa shape index (κ2) is 5.47. The second-order valence-electron chi connectivity index (χ2n) is 3.62. The van der Waals surface area contributed by atoms with Gasteiger partial charge in [0.25, 0.3) is 0 Å². The van der Waals surface area contributed by atoms with Gasteiger partial charge in [-0.25, -0.2) is 0 Å². The highest BCUT2D eigenvalue weighted by molar-refractivity contribution is 9.10. The molecule has 1 aromatic rings. The molecule has 100 valence electrons. The van der Waals surface area contributed by atoms with Crippen molar-refractivity contribution in [1.82, 2.24) is 0 Å². The molecule has 0 aliphatic heterocycles. The van der Waals surface area contributed by atoms with Crippen LogP contribution in [0.4, 0.5) is 18.9 Å². The third-order valence-corrected chi connectivity index (χ3v) is 2.66. The molecule has 0 saturated heterocycles. The largest absolute Gasteiger partial charge is 0.409 e. The van der Waals surface area contributed by atoms with Crippen LogP contribution in [-0.2, 0) is 0 Å². The average Bonchev–Trinajstić information content (AvgIpc) is 2.25. The summed E-state index contributed by atoms with van der Waals surface area (Å²) in [5.41, 5.74) is 5.87. The molecule has 0 saturated carbocycles. The minimum absolute atomic E-state index is 0.219. The first kappa shape index (κ1) is 14.6. The van der Waals surface area contributed by atoms with Gasteiger partial charge in [-0.3, -0.25) is 0 Å². The van der Waals surface area contributed by atoms with E-state index in [-0.39, 0.29) is 17.1 Å². The lowest BCUT2D eigenvalue weighted by Gasteiger charge is -2.23. The van der Waals surface area contributed by atoms with E-state index in [0.29, 0.717) is 4.47 Å². The van der Waals surface area contributed by atoms with Crippen molar-refractivity contribution in [2.75, 3.05) is 18.5 Å². The van der Waals surface area contributed by atoms with E-state index in [1.807, 2.05) is 0 Å². The number of hydrogen-bond donors (Lipinski definition) is 2. The number of nitrogens with zero attached hydrogens (tertiary/aromatic N) is 2. The summed E-state index contributed by atoms with van der Waals surface area (Å²) in [6.45, 7) is -1.13. The molecule has 0 heterocycles. The van der Waals surface area contributed by atoms with E-state index in [4.69, 9.17) is 10.9 Å². The van der Waals surface area contributed by atoms with Crippen LogP contribution >= 0.6 is 15.9 Å². The van der Waals surface area contributed by atoms with Gasteiger partial charge in [0.05, 0.1) is 0 Å². The molecule has 0 aliphatic carbocycles. The maximum absolute atomic E-state index is 12.3. The molecule has 8 heteroatoms. The quantitative estimate of drug-likeness (QED) is 0.388. The molecular formula is C10H11BrF3N3O. The topological polar surface area (TPSA) is 61.8 Å². The van der Waals surface area contributed by atoms with Gasteiger partial charge < -0.3 is 15.8 Å². The smallest absolute Gasteiger partial charge is 0.405 e. The van der Waals surface area contributed by atoms with Crippen LogP contribution in [0.15, 0.2) is 27.8 Å². The fourth-order valence-corrected chi connectivity index (χ4v) is 1.79. The summed E-state index contributed by atoms with van der Waals surface area (Å²) in [5, 5.41) is 11.4. The van der Waals surface area contributed by atoms with Gasteiger partial charge in [0.15, 0.2) is 5.84 Å². The molecular weight excluding hydrogens is 315 g/mol. The maximum atomic E-state index is 12.3. The zero-order chi connectivity index (χ0) is 13.9. The van der Waals surface area contributed by atoms with Crippen LogP contribution in [0.2, 0.25) is 0 Å². The Bertz CT molecular complexity index is 462. The third kappa shape index (κ3) is 3.80. The molecule has 0 radical (unpaired) electrons. The minimum atomic E-state index is -4.33. The molecule has 0 atom stereocenters. The molecule has 0 amide bonds. The van der Waals surface area contributed by atoms with Crippen molar-refractivity contribution < 1.29 is 18.4 Å². The van der Waals surface area contributed by atoms with E-state index in [1.54, 1.807) is 6.07 Å². The van der Waals surface area contributed by atoms with Gasteiger partial charge in [0.2, 0.25) is 0 Å². The number of hydrogen-bond acceptors (Lipinski definition) is 3. The average molecular weight is 326 g/mol. The van der Waals surface area contributed by atoms with Crippen molar-refractivity contribution in [3.05, 3.63) is 28.2 Å². The summed E-state index contributed by atoms with van der Waals surface area (Å²) < 4.78 is 37.6. The lowest BCUT2D eigenvalue weighted by Crippen LogP contribution is -2.32. The molecule has 0 aliphatic rings. The predicted molar refractivity (Wildman–Crippen MR) is 66.0 cm³/mol. The first-order valence-corrected chi connectivity index (χ1v) is 5.59. The van der Waals surface area contributed by atoms with Gasteiger partial charge in [0, 0.05) is 22.8 Å². The SMILES string of the molecule is CN(CC(F)(F)F)c1cc(Br)ccc1/C(N)=N/O. The Morgan fingerprint density at radius 1 is 1.50 bits per heavy atom. The van der Waals surface area contributed by atoms with Crippen molar-refractivity contribution in [3.63, 3.8) is 0 Å². The third-order valence-electron chi connectivity index (χ3n) is 2.17. The van der Waals surface area contributed by atoms with Crippen LogP contribution in [0.25, 0.3) is 0 Å². The van der Waals surface area contributed by atoms with Crippen LogP contribution in [-0.4, -0.2) is 30.8 Å². The van der Waals surface area contributed by atoms with E-state index in [9.17, 15) is 13.2 Å². The Balaban J connectivity index is 3.17. The lowest BCUT2D eigenvalue weighted by molar-refractivity contribution is -0.119. The highest BCUT2D eigenvalue weighted by Gasteiger charge is 2.30. The van der Waals surface area contributed by atoms with E-state index in [1.165, 1.54) is 19.2 Å². The Morgan fingerprint density at radius 2 is 2.11 bits per heavy atom. The summed E-state index contributed by atoms with van der Waals surface area (Å²) in [5.74, 6) is -0.244. The normalized spacial score (nSPS) is 12.6. The number of amidine groups is 1. The van der Waals surface area contributed by atoms with Crippen molar-refractivity contribution in [2.45, 2.75) is 6.18 Å². The molecule has 0 bridgehead atoms. The zero-order valence-corrected chi connectivity index (χ0v) is 11.0. The van der Waals surface area contributed by atoms with Crippen LogP contribution in [0.3, 0.4) is 0 Å². The summed E-state index contributed by atoms with van der Waals surface area (Å²) in [4.78, 5) is 0.984. The Morgan fingerprint density at radius 3 is 2.61 bits per heavy atom. The number of benzene rings is 1. The number of oxime groups is 1. The molecule has 3 N–H and O–H groups in total. The number of anilines is 1. The predicted octanol–water partition coefficient (Wildman–Crippen LogP) is 2.54. The van der Waals surface area contributed by atoms with Gasteiger partial charge in [0.1, 0.15) is 6.54 Å². The number of alkyl halides is 3. The maximum Gasteiger partial charge on any atom is 0.405 e. The summed E-state index contributed by atoms with van der Waals surface area (Å²) in [6, 6.07) is 4.54. The Kier molecular flexibility index (Phi) is 4.44. The number of halogens is 4. The molecule has 0 fully saturated rings. The van der Waals surface area contributed by atoms with Gasteiger partial charge in [-0.1, -0.05) is 21.1 Å². The fraction of sp³-hybridized carbons (Fsp3) is 0.300. The molecule has 4 nitrogen and oxygen atoms in total. The van der Waals surface area contributed by atoms with Crippen LogP contribution in [0.5, 0.6) is 0 Å². The lowest BCUT2D eigenvalue weighted by atomic mass is 10.1. The van der Waals surface area contributed by atoms with E-state index in [2.05, 4.69) is 21.1 Å². The number of rotatable bonds is 3. The van der Waals surface area contributed by atoms with E-state index >= 15 is 0 Å². The molecule has 1 rings (SSSR count). The summed E-state index contributed by atoms with van der Waals surface area (Å²) in [7, 11) is 1.28. The molecule has 0 spiro atoms. The Hall–Kier alpha value is -1.44. The monoisotopic (exact) mass is 325 g/mol. The van der Waals surface area contributed by atoms with Gasteiger partial charge >= 0.3 is 6.18 Å². The summed E-state index contributed by atoms with van der Waals surface area (Å²) >= 11 is 3.16. The molecule has 18 heavy (non-hydrogen) atoms. The summed E-state index contributed by atoms with van der Waals surface area (Å²) in [6.07, 6.45) is -4.33. The molecule has 1 aromatic carbocycles. The van der Waals surface area contributed by atoms with Crippen molar-refractivity contribution in [1.29, 1.82) is 0 Å². The fourth-order valence-electron chi connectivity index (χ4n) is 1.45. The Labute approximate surface area is 110 Å². The molecule has 0 aromatic heterocycles. The van der Waals surface area contributed by atoms with Crippen LogP contribution in [0, 0.1) is 0 Å². The van der Waals surface area contributed by atoms with Gasteiger partial charge in [-0.05, 0) is 18.2 Å². The van der Waals surface area contributed by atoms with Crippen LogP contribution in [0.1, 0.15) is 5.56 Å². The standard InChI is InChI=1S/C10H11BrF3N3O/c1-17(5-10(12,13)14)8-4-6(11)2-3-7(8)9(15)16-18/h2-4,18H,5H2,1H3,(H2,15,16). The zero-order valence-electron chi connectivity index (χ0n) is 9.37. The van der Waals surface area contributed by atoms with Crippen molar-refractivity contribution in [3.8, 4) is 0 Å². The molecule has 0 unspecified atom stereocenters. The van der Waals surface area contributed by atoms with Crippen molar-refractivity contribution >= 4 is 27.5 Å². The first-order valence-electron chi connectivity index (χ1n) is 4.80. The highest BCUT2D eigenvalue weighted by Crippen LogP contribution is 2.27. The van der Waals surface area contributed by atoms with Crippen LogP contribution < -0.4 is 10.6 Å². The van der Waals surface area contributed by atoms with E-state index < -0.39 is 12.7 Å². The van der Waals surface area contributed by atoms with Crippen molar-refractivity contribution in [2.24, 2.45) is 10.9 Å². The second-order valence-corrected chi connectivity index (χ2v) is 4.53. The minimum Gasteiger partial charge on any atom is -0.409 e. The van der Waals surface area contributed by atoms with Gasteiger partial charge in [-0.2, -0.15) is 13.2 Å².